The van der Waals surface area contributed by atoms with Crippen molar-refractivity contribution in [1.29, 1.82) is 0 Å². The Kier molecular flexibility index (Phi) is 3.56. The van der Waals surface area contributed by atoms with Gasteiger partial charge >= 0.3 is 6.09 Å². The lowest BCUT2D eigenvalue weighted by Crippen LogP contribution is -2.53. The largest absolute Gasteiger partial charge is 0.444 e. The second kappa shape index (κ2) is 4.71. The Bertz CT molecular complexity index is 326. The van der Waals surface area contributed by atoms with Gasteiger partial charge in [0.2, 0.25) is 0 Å². The van der Waals surface area contributed by atoms with Crippen LogP contribution in [0, 0.1) is 5.92 Å². The van der Waals surface area contributed by atoms with Crippen LogP contribution in [0.2, 0.25) is 0 Å². The first-order valence-corrected chi connectivity index (χ1v) is 6.99. The molecule has 0 unspecified atom stereocenters. The Balaban J connectivity index is 2.09. The number of piperidine rings is 1. The van der Waals surface area contributed by atoms with Gasteiger partial charge in [-0.2, -0.15) is 0 Å². The van der Waals surface area contributed by atoms with E-state index in [1.165, 1.54) is 0 Å². The first kappa shape index (κ1) is 13.6. The van der Waals surface area contributed by atoms with Crippen molar-refractivity contribution in [2.24, 2.45) is 5.92 Å². The van der Waals surface area contributed by atoms with Crippen LogP contribution in [0.15, 0.2) is 0 Å². The molecule has 4 heteroatoms. The third-order valence-electron chi connectivity index (χ3n) is 4.07. The summed E-state index contributed by atoms with van der Waals surface area (Å²) in [6.45, 7) is 7.56. The molecule has 0 radical (unpaired) electrons. The Labute approximate surface area is 109 Å². The zero-order valence-electron chi connectivity index (χ0n) is 11.8. The SMILES string of the molecule is CC[C@@H]1C[C@H]2CC[C@@H]([C@@H]1F)N2C(=O)OC(C)(C)C. The summed E-state index contributed by atoms with van der Waals surface area (Å²) in [5.41, 5.74) is -0.510. The standard InChI is InChI=1S/C14H24FNO2/c1-5-9-8-10-6-7-11(12(9)15)16(10)13(17)18-14(2,3)4/h9-12H,5-8H2,1-4H3/t9-,10-,11+,12-/m1/s1. The molecule has 0 spiro atoms. The molecule has 2 bridgehead atoms. The summed E-state index contributed by atoms with van der Waals surface area (Å²) >= 11 is 0. The van der Waals surface area contributed by atoms with Gasteiger partial charge in [-0.1, -0.05) is 13.3 Å². The van der Waals surface area contributed by atoms with Crippen molar-refractivity contribution >= 4 is 6.09 Å². The van der Waals surface area contributed by atoms with E-state index in [1.807, 2.05) is 27.7 Å². The molecule has 2 fully saturated rings. The normalized spacial score (nSPS) is 35.7. The number of alkyl halides is 1. The molecule has 2 saturated heterocycles. The van der Waals surface area contributed by atoms with Crippen molar-refractivity contribution in [3.05, 3.63) is 0 Å². The van der Waals surface area contributed by atoms with Gasteiger partial charge in [-0.15, -0.1) is 0 Å². The highest BCUT2D eigenvalue weighted by molar-refractivity contribution is 5.69. The molecule has 104 valence electrons. The van der Waals surface area contributed by atoms with Crippen LogP contribution in [0.5, 0.6) is 0 Å². The van der Waals surface area contributed by atoms with Crippen molar-refractivity contribution in [2.75, 3.05) is 0 Å². The molecule has 2 aliphatic rings. The molecule has 2 aliphatic heterocycles. The molecule has 0 aromatic rings. The minimum atomic E-state index is -0.888. The molecule has 1 amide bonds. The minimum Gasteiger partial charge on any atom is -0.444 e. The average Bonchev–Trinajstić information content (AvgIpc) is 2.59. The first-order chi connectivity index (χ1) is 8.33. The van der Waals surface area contributed by atoms with E-state index in [9.17, 15) is 9.18 Å². The lowest BCUT2D eigenvalue weighted by atomic mass is 9.87. The number of ether oxygens (including phenoxy) is 1. The van der Waals surface area contributed by atoms with Crippen LogP contribution in [-0.2, 0) is 4.74 Å². The van der Waals surface area contributed by atoms with Gasteiger partial charge in [0.15, 0.2) is 0 Å². The van der Waals surface area contributed by atoms with Gasteiger partial charge in [-0.25, -0.2) is 9.18 Å². The zero-order chi connectivity index (χ0) is 13.5. The van der Waals surface area contributed by atoms with Crippen LogP contribution in [-0.4, -0.2) is 34.8 Å². The van der Waals surface area contributed by atoms with Crippen molar-refractivity contribution in [3.8, 4) is 0 Å². The highest BCUT2D eigenvalue weighted by Gasteiger charge is 2.50. The topological polar surface area (TPSA) is 29.5 Å². The van der Waals surface area contributed by atoms with E-state index < -0.39 is 11.8 Å². The van der Waals surface area contributed by atoms with Crippen LogP contribution in [0.3, 0.4) is 0 Å². The molecule has 4 atom stereocenters. The number of carbonyl (C=O) groups excluding carboxylic acids is 1. The van der Waals surface area contributed by atoms with Crippen LogP contribution >= 0.6 is 0 Å². The zero-order valence-corrected chi connectivity index (χ0v) is 11.8. The molecule has 2 rings (SSSR count). The summed E-state index contributed by atoms with van der Waals surface area (Å²) in [7, 11) is 0. The monoisotopic (exact) mass is 257 g/mol. The Morgan fingerprint density at radius 3 is 2.61 bits per heavy atom. The lowest BCUT2D eigenvalue weighted by Gasteiger charge is -2.41. The number of amides is 1. The highest BCUT2D eigenvalue weighted by atomic mass is 19.1. The van der Waals surface area contributed by atoms with Gasteiger partial charge in [0.1, 0.15) is 11.8 Å². The second-order valence-corrected chi connectivity index (χ2v) is 6.53. The third-order valence-corrected chi connectivity index (χ3v) is 4.07. The molecule has 0 aromatic heterocycles. The number of fused-ring (bicyclic) bond motifs is 2. The fraction of sp³-hybridized carbons (Fsp3) is 0.929. The number of hydrogen-bond acceptors (Lipinski definition) is 2. The summed E-state index contributed by atoms with van der Waals surface area (Å²) in [4.78, 5) is 13.8. The van der Waals surface area contributed by atoms with E-state index in [1.54, 1.807) is 4.90 Å². The summed E-state index contributed by atoms with van der Waals surface area (Å²) < 4.78 is 19.7. The maximum absolute atomic E-state index is 14.3. The van der Waals surface area contributed by atoms with E-state index in [-0.39, 0.29) is 24.1 Å². The Morgan fingerprint density at radius 1 is 1.39 bits per heavy atom. The maximum Gasteiger partial charge on any atom is 0.410 e. The van der Waals surface area contributed by atoms with E-state index in [2.05, 4.69) is 0 Å². The van der Waals surface area contributed by atoms with Gasteiger partial charge in [-0.05, 0) is 46.0 Å². The number of halogens is 1. The molecule has 3 nitrogen and oxygen atoms in total. The van der Waals surface area contributed by atoms with Crippen LogP contribution in [0.25, 0.3) is 0 Å². The van der Waals surface area contributed by atoms with Crippen molar-refractivity contribution < 1.29 is 13.9 Å². The molecule has 0 aromatic carbocycles. The summed E-state index contributed by atoms with van der Waals surface area (Å²) in [6.07, 6.45) is 2.11. The molecule has 18 heavy (non-hydrogen) atoms. The number of nitrogens with zero attached hydrogens (tertiary/aromatic N) is 1. The first-order valence-electron chi connectivity index (χ1n) is 6.99. The predicted octanol–water partition coefficient (Wildman–Crippen LogP) is 3.52. The number of rotatable bonds is 1. The van der Waals surface area contributed by atoms with E-state index in [0.717, 1.165) is 25.7 Å². The number of hydrogen-bond donors (Lipinski definition) is 0. The van der Waals surface area contributed by atoms with E-state index in [4.69, 9.17) is 4.74 Å². The van der Waals surface area contributed by atoms with Crippen LogP contribution in [0.4, 0.5) is 9.18 Å². The second-order valence-electron chi connectivity index (χ2n) is 6.53. The van der Waals surface area contributed by atoms with Crippen molar-refractivity contribution in [1.82, 2.24) is 4.90 Å². The lowest BCUT2D eigenvalue weighted by molar-refractivity contribution is -0.0205. The van der Waals surface area contributed by atoms with Gasteiger partial charge in [-0.3, -0.25) is 4.90 Å². The summed E-state index contributed by atoms with van der Waals surface area (Å²) in [6, 6.07) is -0.0784. The molecule has 0 aliphatic carbocycles. The maximum atomic E-state index is 14.3. The smallest absolute Gasteiger partial charge is 0.410 e. The van der Waals surface area contributed by atoms with Gasteiger partial charge in [0.05, 0.1) is 6.04 Å². The summed E-state index contributed by atoms with van der Waals surface area (Å²) in [5, 5.41) is 0. The average molecular weight is 257 g/mol. The number of carbonyl (C=O) groups is 1. The molecule has 0 saturated carbocycles. The van der Waals surface area contributed by atoms with Gasteiger partial charge < -0.3 is 4.74 Å². The van der Waals surface area contributed by atoms with Crippen LogP contribution in [0.1, 0.15) is 53.4 Å². The fourth-order valence-corrected chi connectivity index (χ4v) is 3.24. The van der Waals surface area contributed by atoms with Crippen molar-refractivity contribution in [2.45, 2.75) is 77.2 Å². The molecular weight excluding hydrogens is 233 g/mol. The van der Waals surface area contributed by atoms with Crippen molar-refractivity contribution in [3.63, 3.8) is 0 Å². The third kappa shape index (κ3) is 2.47. The Morgan fingerprint density at radius 2 is 2.06 bits per heavy atom. The highest BCUT2D eigenvalue weighted by Crippen LogP contribution is 2.42. The van der Waals surface area contributed by atoms with E-state index in [0.29, 0.717) is 0 Å². The van der Waals surface area contributed by atoms with Gasteiger partial charge in [0.25, 0.3) is 0 Å². The van der Waals surface area contributed by atoms with Gasteiger partial charge in [0, 0.05) is 6.04 Å². The predicted molar refractivity (Wildman–Crippen MR) is 68.2 cm³/mol. The Hall–Kier alpha value is -0.800. The minimum absolute atomic E-state index is 0.112. The molecule has 0 N–H and O–H groups in total. The quantitative estimate of drug-likeness (QED) is 0.719. The van der Waals surface area contributed by atoms with Crippen LogP contribution < -0.4 is 0 Å². The van der Waals surface area contributed by atoms with E-state index >= 15 is 0 Å². The fourth-order valence-electron chi connectivity index (χ4n) is 3.24. The summed E-state index contributed by atoms with van der Waals surface area (Å²) in [5.74, 6) is 0.112. The molecule has 2 heterocycles. The molecular formula is C14H24FNO2.